The molecule has 0 unspecified atom stereocenters. The van der Waals surface area contributed by atoms with Gasteiger partial charge in [0.05, 0.1) is 0 Å². The normalized spacial score (nSPS) is 11.5. The molecule has 1 atom stereocenters. The molecule has 1 aromatic rings. The molecule has 0 saturated heterocycles. The zero-order valence-corrected chi connectivity index (χ0v) is 9.52. The first-order valence-electron chi connectivity index (χ1n) is 3.72. The molecule has 66 valence electrons. The maximum atomic E-state index is 10.4. The van der Waals surface area contributed by atoms with Gasteiger partial charge in [-0.2, -0.15) is 0 Å². The van der Waals surface area contributed by atoms with Gasteiger partial charge in [0.1, 0.15) is 6.04 Å². The minimum absolute atomic E-state index is 0. The summed E-state index contributed by atoms with van der Waals surface area (Å²) in [7, 11) is 0. The fraction of sp³-hybridized carbons (Fsp3) is 0.222. The molecule has 0 amide bonds. The third-order valence-electron chi connectivity index (χ3n) is 1.62. The summed E-state index contributed by atoms with van der Waals surface area (Å²) in [5, 5.41) is 8.52. The van der Waals surface area contributed by atoms with Gasteiger partial charge >= 0.3 is 5.97 Å². The van der Waals surface area contributed by atoms with Crippen LogP contribution in [0.25, 0.3) is 0 Å². The van der Waals surface area contributed by atoms with Gasteiger partial charge in [0, 0.05) is 37.7 Å². The largest absolute Gasteiger partial charge is 0.480 e. The fourth-order valence-corrected chi connectivity index (χ4v) is 0.955. The number of rotatable bonds is 3. The molecule has 0 aliphatic carbocycles. The molecule has 0 aromatic heterocycles. The number of carboxylic acids is 1. The number of carboxylic acid groups (broad SMARTS) is 1. The van der Waals surface area contributed by atoms with Crippen molar-refractivity contribution in [3.63, 3.8) is 0 Å². The molecule has 3 nitrogen and oxygen atoms in total. The standard InChI is InChI=1S/C9H11NO2.Ca/c10-8(9(11)12)6-7-4-2-1-3-5-7;/h1-5,8H,6,10H2,(H,11,12);/t8-;/m0./s1. The van der Waals surface area contributed by atoms with Gasteiger partial charge in [-0.3, -0.25) is 4.79 Å². The van der Waals surface area contributed by atoms with Crippen LogP contribution in [-0.2, 0) is 11.2 Å². The summed E-state index contributed by atoms with van der Waals surface area (Å²) < 4.78 is 0. The Morgan fingerprint density at radius 2 is 1.92 bits per heavy atom. The minimum Gasteiger partial charge on any atom is -0.480 e. The van der Waals surface area contributed by atoms with E-state index in [1.807, 2.05) is 30.3 Å². The van der Waals surface area contributed by atoms with E-state index in [4.69, 9.17) is 10.8 Å². The first-order chi connectivity index (χ1) is 5.70. The zero-order chi connectivity index (χ0) is 8.97. The van der Waals surface area contributed by atoms with Crippen molar-refractivity contribution in [1.82, 2.24) is 0 Å². The van der Waals surface area contributed by atoms with Crippen LogP contribution < -0.4 is 5.73 Å². The Bertz CT molecular complexity index is 264. The molecule has 1 rings (SSSR count). The average molecular weight is 205 g/mol. The predicted octanol–water partition coefficient (Wildman–Crippen LogP) is 0.260. The van der Waals surface area contributed by atoms with Gasteiger partial charge < -0.3 is 10.8 Å². The summed E-state index contributed by atoms with van der Waals surface area (Å²) in [6, 6.07) is 8.54. The number of carbonyl (C=O) groups is 1. The van der Waals surface area contributed by atoms with Crippen LogP contribution in [0.1, 0.15) is 5.56 Å². The average Bonchev–Trinajstić information content (AvgIpc) is 2.06. The van der Waals surface area contributed by atoms with E-state index in [0.29, 0.717) is 6.42 Å². The van der Waals surface area contributed by atoms with Gasteiger partial charge in [-0.25, -0.2) is 0 Å². The van der Waals surface area contributed by atoms with Crippen molar-refractivity contribution in [1.29, 1.82) is 0 Å². The number of aliphatic carboxylic acids is 1. The number of hydrogen-bond acceptors (Lipinski definition) is 2. The van der Waals surface area contributed by atoms with Crippen molar-refractivity contribution >= 4 is 43.7 Å². The van der Waals surface area contributed by atoms with Crippen LogP contribution in [0.15, 0.2) is 30.3 Å². The van der Waals surface area contributed by atoms with E-state index in [0.717, 1.165) is 5.56 Å². The summed E-state index contributed by atoms with van der Waals surface area (Å²) >= 11 is 0. The van der Waals surface area contributed by atoms with E-state index in [2.05, 4.69) is 0 Å². The van der Waals surface area contributed by atoms with Crippen molar-refractivity contribution in [2.24, 2.45) is 5.73 Å². The Morgan fingerprint density at radius 3 is 2.38 bits per heavy atom. The molecule has 1 aromatic carbocycles. The molecule has 13 heavy (non-hydrogen) atoms. The zero-order valence-electron chi connectivity index (χ0n) is 7.31. The van der Waals surface area contributed by atoms with Crippen molar-refractivity contribution in [2.75, 3.05) is 0 Å². The van der Waals surface area contributed by atoms with E-state index in [1.54, 1.807) is 0 Å². The fourth-order valence-electron chi connectivity index (χ4n) is 0.955. The second kappa shape index (κ2) is 6.38. The predicted molar refractivity (Wildman–Crippen MR) is 51.5 cm³/mol. The topological polar surface area (TPSA) is 63.3 Å². The molecule has 0 spiro atoms. The molecular weight excluding hydrogens is 194 g/mol. The first kappa shape index (κ1) is 12.9. The number of hydrogen-bond donors (Lipinski definition) is 2. The van der Waals surface area contributed by atoms with E-state index in [-0.39, 0.29) is 37.7 Å². The van der Waals surface area contributed by atoms with Gasteiger partial charge in [0.2, 0.25) is 0 Å². The van der Waals surface area contributed by atoms with E-state index in [9.17, 15) is 4.79 Å². The van der Waals surface area contributed by atoms with Crippen LogP contribution in [0, 0.1) is 0 Å². The summed E-state index contributed by atoms with van der Waals surface area (Å²) in [4.78, 5) is 10.4. The van der Waals surface area contributed by atoms with Gasteiger partial charge in [0.25, 0.3) is 0 Å². The maximum Gasteiger partial charge on any atom is 0.320 e. The van der Waals surface area contributed by atoms with Crippen LogP contribution in [0.2, 0.25) is 0 Å². The Kier molecular flexibility index (Phi) is 6.33. The van der Waals surface area contributed by atoms with Crippen molar-refractivity contribution < 1.29 is 9.90 Å². The molecule has 0 saturated carbocycles. The smallest absolute Gasteiger partial charge is 0.320 e. The minimum atomic E-state index is -0.959. The van der Waals surface area contributed by atoms with Gasteiger partial charge in [-0.05, 0) is 12.0 Å². The van der Waals surface area contributed by atoms with Crippen LogP contribution in [0.3, 0.4) is 0 Å². The van der Waals surface area contributed by atoms with Crippen molar-refractivity contribution in [2.45, 2.75) is 12.5 Å². The van der Waals surface area contributed by atoms with Gasteiger partial charge in [0.15, 0.2) is 0 Å². The Labute approximate surface area is 107 Å². The molecule has 3 N–H and O–H groups in total. The van der Waals surface area contributed by atoms with Crippen LogP contribution >= 0.6 is 0 Å². The Hall–Kier alpha value is -0.0903. The number of benzene rings is 1. The summed E-state index contributed by atoms with van der Waals surface area (Å²) in [5.41, 5.74) is 6.30. The van der Waals surface area contributed by atoms with Crippen molar-refractivity contribution in [3.05, 3.63) is 35.9 Å². The molecule has 0 bridgehead atoms. The summed E-state index contributed by atoms with van der Waals surface area (Å²) in [5.74, 6) is -0.959. The summed E-state index contributed by atoms with van der Waals surface area (Å²) in [6.07, 6.45) is 0.385. The van der Waals surface area contributed by atoms with Crippen LogP contribution in [0.4, 0.5) is 0 Å². The molecule has 0 fully saturated rings. The molecule has 0 aliphatic heterocycles. The van der Waals surface area contributed by atoms with E-state index in [1.165, 1.54) is 0 Å². The van der Waals surface area contributed by atoms with Gasteiger partial charge in [-0.1, -0.05) is 30.3 Å². The van der Waals surface area contributed by atoms with Crippen LogP contribution in [-0.4, -0.2) is 54.9 Å². The van der Waals surface area contributed by atoms with E-state index >= 15 is 0 Å². The first-order valence-corrected chi connectivity index (χ1v) is 3.72. The molecule has 0 aliphatic rings. The quantitative estimate of drug-likeness (QED) is 0.696. The second-order valence-corrected chi connectivity index (χ2v) is 2.63. The maximum absolute atomic E-state index is 10.4. The second-order valence-electron chi connectivity index (χ2n) is 2.63. The Balaban J connectivity index is 0.00000144. The van der Waals surface area contributed by atoms with Gasteiger partial charge in [-0.15, -0.1) is 0 Å². The van der Waals surface area contributed by atoms with Crippen molar-refractivity contribution in [3.8, 4) is 0 Å². The Morgan fingerprint density at radius 1 is 1.38 bits per heavy atom. The summed E-state index contributed by atoms with van der Waals surface area (Å²) in [6.45, 7) is 0. The SMILES string of the molecule is N[C@@H](Cc1ccccc1)C(=O)O.[Ca]. The molecule has 0 heterocycles. The molecule has 2 radical (unpaired) electrons. The van der Waals surface area contributed by atoms with E-state index < -0.39 is 12.0 Å². The molecule has 4 heteroatoms. The number of nitrogens with two attached hydrogens (primary N) is 1. The monoisotopic (exact) mass is 205 g/mol. The molecular formula is C9H11CaNO2. The third kappa shape index (κ3) is 4.62. The van der Waals surface area contributed by atoms with Crippen LogP contribution in [0.5, 0.6) is 0 Å². The third-order valence-corrected chi connectivity index (χ3v) is 1.62.